The summed E-state index contributed by atoms with van der Waals surface area (Å²) in [5.74, 6) is -3.50. The standard InChI is InChI=1S/C26H25N5O31S10/c27-21-20-11(6-17(69(41,42)43)25(21)31-29-23-16(65-61-57-35)8-13(10-19(23)71(47,48)49)68(39,40)4-2-54-72(50,51)52)5-14(63-59-55-33)24(26(20)32)30-28-22-15(64-60-56-34)7-12(9-18(22)70(44,45)46)67(37,38)3-1-53-66-62-58-36/h5-10,32-36H,1-4,27H2,(H,41,42,43)(H,44,45,46)(H,47,48,49)(H,50,51,52). The van der Waals surface area contributed by atoms with Crippen LogP contribution in [0.4, 0.5) is 28.4 Å². The van der Waals surface area contributed by atoms with Crippen molar-refractivity contribution in [1.29, 1.82) is 0 Å². The number of phenols is 1. The molecule has 0 aliphatic rings. The van der Waals surface area contributed by atoms with Crippen LogP contribution in [0.15, 0.2) is 96.0 Å². The second-order valence-corrected chi connectivity index (χ2v) is 24.5. The summed E-state index contributed by atoms with van der Waals surface area (Å²) < 4.78 is 215. The van der Waals surface area contributed by atoms with Gasteiger partial charge in [-0.3, -0.25) is 22.4 Å². The maximum atomic E-state index is 13.1. The molecule has 0 aliphatic heterocycles. The van der Waals surface area contributed by atoms with Crippen LogP contribution in [-0.2, 0) is 106 Å². The number of aromatic hydroxyl groups is 1. The second-order valence-electron chi connectivity index (χ2n) is 12.3. The lowest BCUT2D eigenvalue weighted by Crippen LogP contribution is -2.16. The van der Waals surface area contributed by atoms with Crippen molar-refractivity contribution in [3.05, 3.63) is 36.4 Å². The van der Waals surface area contributed by atoms with E-state index in [0.29, 0.717) is 24.3 Å². The Morgan fingerprint density at radius 1 is 0.500 bits per heavy atom. The molecule has 0 aliphatic carbocycles. The number of anilines is 1. The molecule has 400 valence electrons. The third kappa shape index (κ3) is 16.2. The maximum absolute atomic E-state index is 13.1. The number of nitrogen functional groups attached to an aromatic ring is 1. The van der Waals surface area contributed by atoms with E-state index in [4.69, 9.17) is 31.3 Å². The molecule has 0 fully saturated rings. The third-order valence-electron chi connectivity index (χ3n) is 7.98. The molecule has 36 nitrogen and oxygen atoms in total. The van der Waals surface area contributed by atoms with Crippen molar-refractivity contribution < 1.29 is 141 Å². The number of phenolic OH excluding ortho intramolecular Hbond substituents is 1. The number of benzene rings is 4. The molecular weight excluding hydrogens is 1200 g/mol. The van der Waals surface area contributed by atoms with Gasteiger partial charge in [-0.05, 0) is 41.8 Å². The van der Waals surface area contributed by atoms with Crippen LogP contribution in [-0.4, -0.2) is 120 Å². The smallest absolute Gasteiger partial charge is 0.397 e. The Hall–Kier alpha value is -3.68. The van der Waals surface area contributed by atoms with E-state index >= 15 is 0 Å². The van der Waals surface area contributed by atoms with E-state index in [-0.39, 0.29) is 54.5 Å². The van der Waals surface area contributed by atoms with E-state index in [0.717, 1.165) is 6.07 Å². The molecule has 0 amide bonds. The molecule has 0 radical (unpaired) electrons. The summed E-state index contributed by atoms with van der Waals surface area (Å²) in [7, 11) is -31.5. The zero-order valence-corrected chi connectivity index (χ0v) is 41.9. The minimum Gasteiger partial charge on any atom is -0.505 e. The normalized spacial score (nSPS) is 13.3. The van der Waals surface area contributed by atoms with Gasteiger partial charge in [0.15, 0.2) is 37.7 Å². The topological polar surface area (TPSA) is 555 Å². The summed E-state index contributed by atoms with van der Waals surface area (Å²) in [5.41, 5.74) is 0.794. The predicted octanol–water partition coefficient (Wildman–Crippen LogP) is 4.35. The number of fused-ring (bicyclic) bond motifs is 1. The monoisotopic (exact) mass is 1220 g/mol. The molecule has 0 heterocycles. The minimum absolute atomic E-state index is 0.0208. The van der Waals surface area contributed by atoms with Crippen LogP contribution in [0.1, 0.15) is 0 Å². The van der Waals surface area contributed by atoms with E-state index < -0.39 is 169 Å². The van der Waals surface area contributed by atoms with Gasteiger partial charge in [0, 0.05) is 0 Å². The van der Waals surface area contributed by atoms with Crippen LogP contribution in [0.5, 0.6) is 5.75 Å². The van der Waals surface area contributed by atoms with Gasteiger partial charge in [0.2, 0.25) is 0 Å². The van der Waals surface area contributed by atoms with Gasteiger partial charge in [0.1, 0.15) is 37.4 Å². The Morgan fingerprint density at radius 3 is 1.31 bits per heavy atom. The summed E-state index contributed by atoms with van der Waals surface area (Å²) in [5, 5.41) is 73.3. The fourth-order valence-electron chi connectivity index (χ4n) is 5.21. The van der Waals surface area contributed by atoms with E-state index in [9.17, 15) is 69.3 Å². The van der Waals surface area contributed by atoms with Crippen molar-refractivity contribution in [2.75, 3.05) is 30.5 Å². The highest BCUT2D eigenvalue weighted by Gasteiger charge is 2.31. The molecule has 4 rings (SSSR count). The fraction of sp³-hybridized carbons (Fsp3) is 0.154. The van der Waals surface area contributed by atoms with Crippen molar-refractivity contribution in [2.45, 2.75) is 39.2 Å². The zero-order valence-electron chi connectivity index (χ0n) is 33.7. The third-order valence-corrected chi connectivity index (χ3v) is 16.6. The average molecular weight is 1220 g/mol. The summed E-state index contributed by atoms with van der Waals surface area (Å²) >= 11 is -0.481. The fourth-order valence-corrected chi connectivity index (χ4v) is 12.2. The first-order valence-corrected chi connectivity index (χ1v) is 28.8. The number of azo groups is 2. The highest BCUT2D eigenvalue weighted by Crippen LogP contribution is 2.51. The predicted molar refractivity (Wildman–Crippen MR) is 233 cm³/mol. The van der Waals surface area contributed by atoms with E-state index in [2.05, 4.69) is 66.3 Å². The van der Waals surface area contributed by atoms with Crippen LogP contribution in [0.2, 0.25) is 0 Å². The lowest BCUT2D eigenvalue weighted by atomic mass is 10.1. The maximum Gasteiger partial charge on any atom is 0.397 e. The van der Waals surface area contributed by atoms with Crippen LogP contribution in [0, 0.1) is 0 Å². The van der Waals surface area contributed by atoms with Crippen molar-refractivity contribution >= 4 is 148 Å². The molecule has 4 aromatic rings. The van der Waals surface area contributed by atoms with Gasteiger partial charge in [-0.1, -0.05) is 20.2 Å². The van der Waals surface area contributed by atoms with Gasteiger partial charge in [0.25, 0.3) is 30.4 Å². The number of hydrogen-bond donors (Lipinski definition) is 10. The minimum atomic E-state index is -5.68. The molecule has 0 saturated heterocycles. The molecule has 72 heavy (non-hydrogen) atoms. The van der Waals surface area contributed by atoms with Gasteiger partial charge in [-0.15, -0.1) is 37.8 Å². The lowest BCUT2D eigenvalue weighted by Gasteiger charge is -2.15. The average Bonchev–Trinajstić information content (AvgIpc) is 3.26. The highest BCUT2D eigenvalue weighted by atomic mass is 32.3. The molecule has 4 aromatic carbocycles. The molecule has 0 spiro atoms. The SMILES string of the molecule is Nc1c(N=Nc2c(SOOO)cc(S(=O)(=O)CCOS(=O)(=O)O)cc2S(=O)(=O)O)c(S(=O)(=O)O)cc2cc(SOOO)c(N=Nc3c(SOOO)cc(S(=O)(=O)CCOSOOO)cc3S(=O)(=O)O)c(O)c12. The van der Waals surface area contributed by atoms with Gasteiger partial charge in [0.05, 0.1) is 96.4 Å². The molecule has 0 unspecified atom stereocenters. The van der Waals surface area contributed by atoms with Crippen molar-refractivity contribution in [1.82, 2.24) is 0 Å². The van der Waals surface area contributed by atoms with Gasteiger partial charge >= 0.3 is 10.4 Å². The van der Waals surface area contributed by atoms with Gasteiger partial charge in [-0.25, -0.2) is 42.0 Å². The Bertz CT molecular complexity index is 3430. The number of sulfone groups is 2. The summed E-state index contributed by atoms with van der Waals surface area (Å²) in [6, 6.07) is 3.03. The van der Waals surface area contributed by atoms with Crippen LogP contribution in [0.25, 0.3) is 10.8 Å². The number of rotatable bonds is 28. The van der Waals surface area contributed by atoms with Gasteiger partial charge < -0.3 is 10.8 Å². The van der Waals surface area contributed by atoms with Crippen LogP contribution >= 0.6 is 48.5 Å². The first kappa shape index (κ1) is 60.9. The molecule has 0 saturated carbocycles. The van der Waals surface area contributed by atoms with E-state index in [1.807, 2.05) is 0 Å². The Kier molecular flexibility index (Phi) is 21.3. The number of hydrogen-bond acceptors (Lipinski definition) is 36. The zero-order chi connectivity index (χ0) is 54.0. The quantitative estimate of drug-likeness (QED) is 0.00718. The van der Waals surface area contributed by atoms with Crippen LogP contribution in [0.3, 0.4) is 0 Å². The number of nitrogens with two attached hydrogens (primary N) is 1. The van der Waals surface area contributed by atoms with Gasteiger partial charge in [-0.2, -0.15) is 33.7 Å². The largest absolute Gasteiger partial charge is 0.505 e. The highest BCUT2D eigenvalue weighted by molar-refractivity contribution is 7.95. The summed E-state index contributed by atoms with van der Waals surface area (Å²) in [4.78, 5) is -8.42. The van der Waals surface area contributed by atoms with Crippen LogP contribution < -0.4 is 5.73 Å². The lowest BCUT2D eigenvalue weighted by molar-refractivity contribution is -0.434. The Morgan fingerprint density at radius 2 is 0.889 bits per heavy atom. The molecule has 11 N–H and O–H groups in total. The van der Waals surface area contributed by atoms with E-state index in [1.165, 1.54) is 0 Å². The molecule has 0 atom stereocenters. The number of nitrogens with zero attached hydrogens (tertiary/aromatic N) is 4. The molecule has 0 aromatic heterocycles. The van der Waals surface area contributed by atoms with Crippen molar-refractivity contribution in [2.24, 2.45) is 20.5 Å². The summed E-state index contributed by atoms with van der Waals surface area (Å²) in [6.45, 7) is -1.96. The Labute approximate surface area is 418 Å². The first-order chi connectivity index (χ1) is 33.4. The molecule has 46 heteroatoms. The molecular formula is C26H25N5O31S10. The second kappa shape index (κ2) is 25.2. The first-order valence-electron chi connectivity index (χ1n) is 16.9. The molecule has 0 bridgehead atoms. The van der Waals surface area contributed by atoms with Crippen molar-refractivity contribution in [3.63, 3.8) is 0 Å². The van der Waals surface area contributed by atoms with Crippen molar-refractivity contribution in [3.8, 4) is 5.75 Å². The Balaban J connectivity index is 2.05. The summed E-state index contributed by atoms with van der Waals surface area (Å²) in [6.07, 6.45) is 0. The van der Waals surface area contributed by atoms with E-state index in [1.54, 1.807) is 0 Å².